The fraction of sp³-hybridized carbons (Fsp3) is 0.0968. The molecule has 0 aromatic heterocycles. The second kappa shape index (κ2) is 10.3. The van der Waals surface area contributed by atoms with Gasteiger partial charge in [-0.3, -0.25) is 9.59 Å². The molecule has 1 atom stereocenters. The standard InChI is InChI=1S/C31H25NO4/c33-29(24-15-8-3-9-16-24)27-28(32(31(35)30(27)34)20-22-11-4-1-5-12-22)25-17-10-18-26(19-25)36-21-23-13-6-2-7-14-23/h1-19,28,33H,20-21H2. The molecule has 1 aliphatic rings. The normalized spacial score (nSPS) is 16.8. The lowest BCUT2D eigenvalue weighted by atomic mass is 9.95. The maximum atomic E-state index is 13.3. The molecule has 36 heavy (non-hydrogen) atoms. The number of nitrogens with zero attached hydrogens (tertiary/aromatic N) is 1. The summed E-state index contributed by atoms with van der Waals surface area (Å²) in [6.45, 7) is 0.620. The van der Waals surface area contributed by atoms with Crippen molar-refractivity contribution in [2.24, 2.45) is 0 Å². The van der Waals surface area contributed by atoms with Crippen LogP contribution in [-0.2, 0) is 22.7 Å². The minimum absolute atomic E-state index is 0.0716. The SMILES string of the molecule is O=C1C(=O)N(Cc2ccccc2)C(c2cccc(OCc3ccccc3)c2)C1=C(O)c1ccccc1. The minimum atomic E-state index is -0.759. The van der Waals surface area contributed by atoms with Crippen LogP contribution < -0.4 is 4.74 Å². The van der Waals surface area contributed by atoms with Gasteiger partial charge in [0.25, 0.3) is 11.7 Å². The molecule has 178 valence electrons. The second-order valence-electron chi connectivity index (χ2n) is 8.63. The maximum Gasteiger partial charge on any atom is 0.295 e. The van der Waals surface area contributed by atoms with Crippen molar-refractivity contribution in [1.82, 2.24) is 4.90 Å². The average molecular weight is 476 g/mol. The molecule has 1 saturated heterocycles. The van der Waals surface area contributed by atoms with E-state index < -0.39 is 17.7 Å². The Bertz CT molecular complexity index is 1400. The molecule has 4 aromatic rings. The van der Waals surface area contributed by atoms with E-state index in [1.54, 1.807) is 24.3 Å². The fourth-order valence-corrected chi connectivity index (χ4v) is 4.44. The third-order valence-corrected chi connectivity index (χ3v) is 6.21. The number of ether oxygens (including phenoxy) is 1. The van der Waals surface area contributed by atoms with Crippen LogP contribution in [-0.4, -0.2) is 21.7 Å². The Hall–Kier alpha value is -4.64. The van der Waals surface area contributed by atoms with E-state index in [-0.39, 0.29) is 17.9 Å². The lowest BCUT2D eigenvalue weighted by molar-refractivity contribution is -0.140. The number of aliphatic hydroxyl groups excluding tert-OH is 1. The summed E-state index contributed by atoms with van der Waals surface area (Å²) in [6.07, 6.45) is 0. The Balaban J connectivity index is 1.55. The van der Waals surface area contributed by atoms with Crippen molar-refractivity contribution in [3.8, 4) is 5.75 Å². The van der Waals surface area contributed by atoms with E-state index >= 15 is 0 Å². The first-order valence-electron chi connectivity index (χ1n) is 11.8. The number of rotatable bonds is 7. The van der Waals surface area contributed by atoms with Gasteiger partial charge in [0.05, 0.1) is 11.6 Å². The molecule has 1 unspecified atom stereocenters. The van der Waals surface area contributed by atoms with Crippen molar-refractivity contribution >= 4 is 17.4 Å². The zero-order valence-corrected chi connectivity index (χ0v) is 19.6. The molecular formula is C31H25NO4. The predicted molar refractivity (Wildman–Crippen MR) is 138 cm³/mol. The van der Waals surface area contributed by atoms with Gasteiger partial charge in [-0.25, -0.2) is 0 Å². The van der Waals surface area contributed by atoms with Gasteiger partial charge >= 0.3 is 0 Å². The smallest absolute Gasteiger partial charge is 0.295 e. The molecule has 0 radical (unpaired) electrons. The largest absolute Gasteiger partial charge is 0.507 e. The Morgan fingerprint density at radius 3 is 2.03 bits per heavy atom. The highest BCUT2D eigenvalue weighted by Crippen LogP contribution is 2.41. The second-order valence-corrected chi connectivity index (χ2v) is 8.63. The molecule has 1 amide bonds. The summed E-state index contributed by atoms with van der Waals surface area (Å²) in [4.78, 5) is 28.0. The highest BCUT2D eigenvalue weighted by molar-refractivity contribution is 6.46. The van der Waals surface area contributed by atoms with Gasteiger partial charge < -0.3 is 14.7 Å². The van der Waals surface area contributed by atoms with Crippen LogP contribution in [0.2, 0.25) is 0 Å². The molecule has 5 heteroatoms. The number of amides is 1. The number of hydrogen-bond acceptors (Lipinski definition) is 4. The molecule has 5 rings (SSSR count). The number of Topliss-reactive ketones (excluding diaryl/α,β-unsaturated/α-hetero) is 1. The van der Waals surface area contributed by atoms with E-state index in [9.17, 15) is 14.7 Å². The van der Waals surface area contributed by atoms with E-state index in [0.717, 1.165) is 11.1 Å². The van der Waals surface area contributed by atoms with Gasteiger partial charge in [-0.05, 0) is 28.8 Å². The summed E-state index contributed by atoms with van der Waals surface area (Å²) in [6, 6.07) is 34.8. The van der Waals surface area contributed by atoms with Gasteiger partial charge in [0, 0.05) is 12.1 Å². The third kappa shape index (κ3) is 4.77. The highest BCUT2D eigenvalue weighted by Gasteiger charge is 2.46. The van der Waals surface area contributed by atoms with Crippen LogP contribution >= 0.6 is 0 Å². The Morgan fingerprint density at radius 2 is 1.36 bits per heavy atom. The van der Waals surface area contributed by atoms with Crippen LogP contribution in [0.15, 0.2) is 121 Å². The molecule has 0 bridgehead atoms. The summed E-state index contributed by atoms with van der Waals surface area (Å²) >= 11 is 0. The molecule has 1 N–H and O–H groups in total. The number of hydrogen-bond donors (Lipinski definition) is 1. The van der Waals surface area contributed by atoms with Crippen LogP contribution in [0.4, 0.5) is 0 Å². The quantitative estimate of drug-likeness (QED) is 0.206. The predicted octanol–water partition coefficient (Wildman–Crippen LogP) is 5.89. The van der Waals surface area contributed by atoms with Crippen LogP contribution in [0, 0.1) is 0 Å². The zero-order valence-electron chi connectivity index (χ0n) is 19.6. The van der Waals surface area contributed by atoms with Crippen LogP contribution in [0.25, 0.3) is 5.76 Å². The van der Waals surface area contributed by atoms with Crippen molar-refractivity contribution < 1.29 is 19.4 Å². The van der Waals surface area contributed by atoms with Crippen LogP contribution in [0.5, 0.6) is 5.75 Å². The zero-order chi connectivity index (χ0) is 24.9. The third-order valence-electron chi connectivity index (χ3n) is 6.21. The topological polar surface area (TPSA) is 66.8 Å². The van der Waals surface area contributed by atoms with Crippen molar-refractivity contribution in [3.05, 3.63) is 143 Å². The molecule has 0 aliphatic carbocycles. The summed E-state index contributed by atoms with van der Waals surface area (Å²) in [7, 11) is 0. The molecular weight excluding hydrogens is 450 g/mol. The lowest BCUT2D eigenvalue weighted by Crippen LogP contribution is -2.29. The van der Waals surface area contributed by atoms with E-state index in [1.807, 2.05) is 91.0 Å². The summed E-state index contributed by atoms with van der Waals surface area (Å²) in [5, 5.41) is 11.2. The fourth-order valence-electron chi connectivity index (χ4n) is 4.44. The molecule has 5 nitrogen and oxygen atoms in total. The number of ketones is 1. The molecule has 1 aliphatic heterocycles. The van der Waals surface area contributed by atoms with Crippen molar-refractivity contribution in [2.45, 2.75) is 19.2 Å². The van der Waals surface area contributed by atoms with Gasteiger partial charge in [0.1, 0.15) is 18.1 Å². The van der Waals surface area contributed by atoms with Gasteiger partial charge in [-0.1, -0.05) is 103 Å². The van der Waals surface area contributed by atoms with E-state index in [1.165, 1.54) is 4.90 Å². The lowest BCUT2D eigenvalue weighted by Gasteiger charge is -2.26. The minimum Gasteiger partial charge on any atom is -0.507 e. The average Bonchev–Trinajstić information content (AvgIpc) is 3.18. The Morgan fingerprint density at radius 1 is 0.750 bits per heavy atom. The maximum absolute atomic E-state index is 13.3. The highest BCUT2D eigenvalue weighted by atomic mass is 16.5. The van der Waals surface area contributed by atoms with E-state index in [2.05, 4.69) is 0 Å². The molecule has 4 aromatic carbocycles. The Labute approximate surface area is 209 Å². The summed E-state index contributed by atoms with van der Waals surface area (Å²) in [5.41, 5.74) is 3.16. The molecule has 0 saturated carbocycles. The van der Waals surface area contributed by atoms with Crippen LogP contribution in [0.1, 0.15) is 28.3 Å². The molecule has 0 spiro atoms. The Kier molecular flexibility index (Phi) is 6.63. The van der Waals surface area contributed by atoms with E-state index in [4.69, 9.17) is 4.74 Å². The summed E-state index contributed by atoms with van der Waals surface area (Å²) < 4.78 is 6.01. The summed E-state index contributed by atoms with van der Waals surface area (Å²) in [5.74, 6) is -0.920. The number of likely N-dealkylation sites (tertiary alicyclic amines) is 1. The molecule has 1 heterocycles. The molecule has 1 fully saturated rings. The number of carbonyl (C=O) groups excluding carboxylic acids is 2. The monoisotopic (exact) mass is 475 g/mol. The van der Waals surface area contributed by atoms with Gasteiger partial charge in [0.15, 0.2) is 0 Å². The van der Waals surface area contributed by atoms with Crippen molar-refractivity contribution in [3.63, 3.8) is 0 Å². The number of carbonyl (C=O) groups is 2. The van der Waals surface area contributed by atoms with Crippen molar-refractivity contribution in [2.75, 3.05) is 0 Å². The van der Waals surface area contributed by atoms with Gasteiger partial charge in [-0.15, -0.1) is 0 Å². The van der Waals surface area contributed by atoms with Gasteiger partial charge in [0.2, 0.25) is 0 Å². The first kappa shape index (κ1) is 23.1. The first-order chi connectivity index (χ1) is 17.6. The number of aliphatic hydroxyl groups is 1. The van der Waals surface area contributed by atoms with Crippen molar-refractivity contribution in [1.29, 1.82) is 0 Å². The van der Waals surface area contributed by atoms with Crippen LogP contribution in [0.3, 0.4) is 0 Å². The first-order valence-corrected chi connectivity index (χ1v) is 11.8. The van der Waals surface area contributed by atoms with E-state index in [0.29, 0.717) is 23.5 Å². The number of benzene rings is 4. The van der Waals surface area contributed by atoms with Gasteiger partial charge in [-0.2, -0.15) is 0 Å².